The number of nitrogens with one attached hydrogen (secondary N) is 1. The maximum Gasteiger partial charge on any atom is 0.269 e. The van der Waals surface area contributed by atoms with E-state index in [0.29, 0.717) is 32.1 Å². The van der Waals surface area contributed by atoms with E-state index in [0.717, 1.165) is 83.3 Å². The molecule has 2 fully saturated rings. The first kappa shape index (κ1) is 26.8. The van der Waals surface area contributed by atoms with Crippen LogP contribution in [0, 0.1) is 0 Å². The molecule has 2 saturated heterocycles. The topological polar surface area (TPSA) is 109 Å². The number of benzene rings is 1. The molecule has 1 aromatic carbocycles. The lowest BCUT2D eigenvalue weighted by Gasteiger charge is -2.31. The maximum atomic E-state index is 13.4. The van der Waals surface area contributed by atoms with Crippen molar-refractivity contribution in [2.45, 2.75) is 6.54 Å². The van der Waals surface area contributed by atoms with Gasteiger partial charge in [-0.25, -0.2) is 14.6 Å². The van der Waals surface area contributed by atoms with Gasteiger partial charge >= 0.3 is 0 Å². The number of thiophene rings is 1. The van der Waals surface area contributed by atoms with Gasteiger partial charge in [0.15, 0.2) is 11.6 Å². The summed E-state index contributed by atoms with van der Waals surface area (Å²) in [5.74, 6) is 1.59. The minimum Gasteiger partial charge on any atom is -0.379 e. The van der Waals surface area contributed by atoms with E-state index in [1.807, 2.05) is 29.1 Å². The fourth-order valence-corrected chi connectivity index (χ4v) is 7.40. The number of nitrogens with zero attached hydrogens (tertiary/aromatic N) is 6. The van der Waals surface area contributed by atoms with Crippen LogP contribution in [0.15, 0.2) is 30.5 Å². The van der Waals surface area contributed by atoms with Crippen LogP contribution in [0.1, 0.15) is 4.88 Å². The van der Waals surface area contributed by atoms with Crippen LogP contribution in [0.5, 0.6) is 0 Å². The summed E-state index contributed by atoms with van der Waals surface area (Å²) in [7, 11) is -1.44. The summed E-state index contributed by atoms with van der Waals surface area (Å²) in [6.07, 6.45) is 1.82. The molecule has 1 unspecified atom stereocenters. The summed E-state index contributed by atoms with van der Waals surface area (Å²) in [4.78, 5) is 15.8. The van der Waals surface area contributed by atoms with Crippen LogP contribution in [0.25, 0.3) is 32.5 Å². The lowest BCUT2D eigenvalue weighted by Crippen LogP contribution is -2.40. The van der Waals surface area contributed by atoms with Gasteiger partial charge in [0.2, 0.25) is 0 Å². The first-order valence-corrected chi connectivity index (χ1v) is 16.1. The molecule has 5 heterocycles. The van der Waals surface area contributed by atoms with Gasteiger partial charge in [0, 0.05) is 75.4 Å². The number of aromatic amines is 1. The van der Waals surface area contributed by atoms with E-state index in [-0.39, 0.29) is 0 Å². The summed E-state index contributed by atoms with van der Waals surface area (Å²) in [6.45, 7) is 9.80. The van der Waals surface area contributed by atoms with E-state index in [2.05, 4.69) is 26.1 Å². The van der Waals surface area contributed by atoms with E-state index < -0.39 is 7.52 Å². The summed E-state index contributed by atoms with van der Waals surface area (Å²) in [6, 6.07) is 8.14. The molecule has 1 atom stereocenters. The molecule has 208 valence electrons. The Kier molecular flexibility index (Phi) is 7.95. The van der Waals surface area contributed by atoms with Crippen molar-refractivity contribution in [2.75, 3.05) is 84.4 Å². The van der Waals surface area contributed by atoms with Crippen molar-refractivity contribution >= 4 is 45.8 Å². The minimum atomic E-state index is -2.97. The molecule has 13 heteroatoms. The summed E-state index contributed by atoms with van der Waals surface area (Å²) in [5, 5.41) is 8.25. The monoisotopic (exact) mass is 571 g/mol. The highest BCUT2D eigenvalue weighted by Crippen LogP contribution is 2.47. The highest BCUT2D eigenvalue weighted by atomic mass is 32.1. The van der Waals surface area contributed by atoms with E-state index >= 15 is 0 Å². The van der Waals surface area contributed by atoms with E-state index in [1.54, 1.807) is 18.0 Å². The Morgan fingerprint density at radius 3 is 2.67 bits per heavy atom. The number of rotatable bonds is 9. The summed E-state index contributed by atoms with van der Waals surface area (Å²) >= 11 is 1.67. The largest absolute Gasteiger partial charge is 0.379 e. The van der Waals surface area contributed by atoms with Gasteiger partial charge in [-0.05, 0) is 12.1 Å². The lowest BCUT2D eigenvalue weighted by molar-refractivity contribution is 0.0357. The molecule has 0 radical (unpaired) electrons. The van der Waals surface area contributed by atoms with Crippen molar-refractivity contribution in [3.63, 3.8) is 0 Å². The van der Waals surface area contributed by atoms with E-state index in [9.17, 15) is 4.57 Å². The molecule has 0 saturated carbocycles. The standard InChI is InChI=1S/C26H34N7O4PS/c1-35-38(2,34)33(7-6-31-8-12-36-13-9-31)18-19-16-23-24(39-19)26(32-10-14-37-15-11-32)29-25(28-23)20-4-3-5-22-21(20)17-27-30-22/h3-5,16-17H,6-15,18H2,1-2H3,(H,27,30). The molecule has 0 spiro atoms. The number of anilines is 1. The van der Waals surface area contributed by atoms with Gasteiger partial charge in [-0.15, -0.1) is 11.3 Å². The van der Waals surface area contributed by atoms with Gasteiger partial charge < -0.3 is 18.9 Å². The molecule has 39 heavy (non-hydrogen) atoms. The first-order chi connectivity index (χ1) is 19.0. The van der Waals surface area contributed by atoms with Gasteiger partial charge in [-0.3, -0.25) is 14.6 Å². The molecule has 11 nitrogen and oxygen atoms in total. The highest BCUT2D eigenvalue weighted by Gasteiger charge is 2.28. The molecule has 2 aliphatic rings. The van der Waals surface area contributed by atoms with Crippen LogP contribution in [0.3, 0.4) is 0 Å². The molecular formula is C26H34N7O4PS. The second-order valence-electron chi connectivity index (χ2n) is 9.86. The smallest absolute Gasteiger partial charge is 0.269 e. The van der Waals surface area contributed by atoms with Crippen LogP contribution in [0.2, 0.25) is 0 Å². The van der Waals surface area contributed by atoms with Crippen LogP contribution in [0.4, 0.5) is 5.82 Å². The predicted molar refractivity (Wildman–Crippen MR) is 154 cm³/mol. The summed E-state index contributed by atoms with van der Waals surface area (Å²) in [5.41, 5.74) is 2.78. The maximum absolute atomic E-state index is 13.4. The Labute approximate surface area is 231 Å². The fraction of sp³-hybridized carbons (Fsp3) is 0.500. The van der Waals surface area contributed by atoms with Crippen molar-refractivity contribution in [3.05, 3.63) is 35.3 Å². The number of H-pyrrole nitrogens is 1. The molecular weight excluding hydrogens is 537 g/mol. The fourth-order valence-electron chi connectivity index (χ4n) is 5.08. The zero-order valence-corrected chi connectivity index (χ0v) is 24.0. The average Bonchev–Trinajstić information content (AvgIpc) is 3.62. The van der Waals surface area contributed by atoms with E-state index in [4.69, 9.17) is 24.0 Å². The zero-order valence-electron chi connectivity index (χ0n) is 22.3. The molecule has 0 bridgehead atoms. The SMILES string of the molecule is COP(C)(=O)N(CCN1CCOCC1)Cc1cc2nc(-c3cccc4[nH]ncc34)nc(N3CCOCC3)c2s1. The minimum absolute atomic E-state index is 0.516. The van der Waals surface area contributed by atoms with Crippen LogP contribution in [-0.2, 0) is 25.1 Å². The van der Waals surface area contributed by atoms with Crippen molar-refractivity contribution in [1.82, 2.24) is 29.7 Å². The lowest BCUT2D eigenvalue weighted by atomic mass is 10.1. The Morgan fingerprint density at radius 1 is 1.13 bits per heavy atom. The van der Waals surface area contributed by atoms with Crippen molar-refractivity contribution < 1.29 is 18.6 Å². The van der Waals surface area contributed by atoms with Crippen LogP contribution in [-0.4, -0.2) is 109 Å². The number of fused-ring (bicyclic) bond motifs is 2. The third-order valence-corrected chi connectivity index (χ3v) is 10.6. The van der Waals surface area contributed by atoms with E-state index in [1.165, 1.54) is 7.11 Å². The molecule has 1 N–H and O–H groups in total. The van der Waals surface area contributed by atoms with Gasteiger partial charge in [-0.1, -0.05) is 12.1 Å². The van der Waals surface area contributed by atoms with Gasteiger partial charge in [-0.2, -0.15) is 5.10 Å². The number of aromatic nitrogens is 4. The molecule has 2 aliphatic heterocycles. The van der Waals surface area contributed by atoms with Crippen molar-refractivity contribution in [3.8, 4) is 11.4 Å². The van der Waals surface area contributed by atoms with Crippen molar-refractivity contribution in [2.24, 2.45) is 0 Å². The molecule has 4 aromatic rings. The summed E-state index contributed by atoms with van der Waals surface area (Å²) < 4.78 is 33.0. The number of ether oxygens (including phenoxy) is 2. The Bertz CT molecular complexity index is 1480. The predicted octanol–water partition coefficient (Wildman–Crippen LogP) is 3.67. The van der Waals surface area contributed by atoms with Gasteiger partial charge in [0.1, 0.15) is 0 Å². The Morgan fingerprint density at radius 2 is 1.90 bits per heavy atom. The van der Waals surface area contributed by atoms with Crippen LogP contribution < -0.4 is 4.90 Å². The molecule has 3 aromatic heterocycles. The van der Waals surface area contributed by atoms with Crippen molar-refractivity contribution in [1.29, 1.82) is 0 Å². The average molecular weight is 572 g/mol. The third-order valence-electron chi connectivity index (χ3n) is 7.41. The van der Waals surface area contributed by atoms with Gasteiger partial charge in [0.05, 0.1) is 48.4 Å². The quantitative estimate of drug-likeness (QED) is 0.299. The van der Waals surface area contributed by atoms with Crippen LogP contribution >= 0.6 is 18.9 Å². The van der Waals surface area contributed by atoms with Gasteiger partial charge in [0.25, 0.3) is 7.52 Å². The zero-order chi connectivity index (χ0) is 26.8. The molecule has 0 aliphatic carbocycles. The second kappa shape index (κ2) is 11.6. The highest BCUT2D eigenvalue weighted by molar-refractivity contribution is 7.55. The Balaban J connectivity index is 1.36. The number of hydrogen-bond donors (Lipinski definition) is 1. The Hall–Kier alpha value is -2.44. The second-order valence-corrected chi connectivity index (χ2v) is 13.5. The number of hydrogen-bond acceptors (Lipinski definition) is 10. The third kappa shape index (κ3) is 5.74. The molecule has 6 rings (SSSR count). The molecule has 0 amide bonds. The normalized spacial score (nSPS) is 18.8. The first-order valence-electron chi connectivity index (χ1n) is 13.3. The number of morpholine rings is 2.